The molecule has 0 aromatic heterocycles. The number of hydrogen-bond acceptors (Lipinski definition) is 5. The van der Waals surface area contributed by atoms with Crippen molar-refractivity contribution in [3.8, 4) is 11.5 Å². The molecule has 1 amide bonds. The Labute approximate surface area is 192 Å². The van der Waals surface area contributed by atoms with Crippen LogP contribution in [0.4, 0.5) is 5.69 Å². The van der Waals surface area contributed by atoms with E-state index in [4.69, 9.17) is 21.1 Å². The molecule has 0 atom stereocenters. The van der Waals surface area contributed by atoms with E-state index in [0.29, 0.717) is 39.8 Å². The Bertz CT molecular complexity index is 961. The third kappa shape index (κ3) is 6.77. The summed E-state index contributed by atoms with van der Waals surface area (Å²) in [6, 6.07) is 13.1. The van der Waals surface area contributed by atoms with E-state index in [1.54, 1.807) is 12.1 Å². The fourth-order valence-electron chi connectivity index (χ4n) is 3.03. The summed E-state index contributed by atoms with van der Waals surface area (Å²) in [7, 11) is 0. The number of hydrogen-bond donors (Lipinski definition) is 1. The van der Waals surface area contributed by atoms with E-state index >= 15 is 0 Å². The van der Waals surface area contributed by atoms with Crippen molar-refractivity contribution in [1.82, 2.24) is 5.32 Å². The van der Waals surface area contributed by atoms with Crippen LogP contribution < -0.4 is 14.8 Å². The minimum Gasteiger partial charge on any atom is -0.490 e. The van der Waals surface area contributed by atoms with E-state index in [1.165, 1.54) is 24.6 Å². The summed E-state index contributed by atoms with van der Waals surface area (Å²) in [5, 5.41) is 3.81. The molecule has 0 unspecified atom stereocenters. The van der Waals surface area contributed by atoms with Crippen molar-refractivity contribution in [3.05, 3.63) is 58.0 Å². The Morgan fingerprint density at radius 2 is 1.90 bits per heavy atom. The molecule has 0 aliphatic carbocycles. The number of aliphatic imine (C=N–C) groups is 1. The highest BCUT2D eigenvalue weighted by molar-refractivity contribution is 8.18. The third-order valence-electron chi connectivity index (χ3n) is 4.51. The molecule has 0 bridgehead atoms. The molecule has 1 N–H and O–H groups in total. The lowest BCUT2D eigenvalue weighted by Crippen LogP contribution is -2.19. The molecule has 1 heterocycles. The number of amides is 1. The molecule has 1 saturated heterocycles. The number of para-hydroxylation sites is 1. The number of nitrogens with one attached hydrogen (secondary N) is 1. The van der Waals surface area contributed by atoms with Crippen LogP contribution in [0.2, 0.25) is 5.02 Å². The fourth-order valence-corrected chi connectivity index (χ4v) is 4.14. The molecule has 2 aromatic carbocycles. The Hall–Kier alpha value is -2.44. The zero-order valence-electron chi connectivity index (χ0n) is 17.8. The first-order valence-corrected chi connectivity index (χ1v) is 11.7. The first-order valence-electron chi connectivity index (χ1n) is 10.5. The molecule has 2 aromatic rings. The summed E-state index contributed by atoms with van der Waals surface area (Å²) in [5.74, 6) is 0.945. The van der Waals surface area contributed by atoms with Gasteiger partial charge < -0.3 is 14.8 Å². The van der Waals surface area contributed by atoms with Crippen molar-refractivity contribution >= 4 is 46.2 Å². The smallest absolute Gasteiger partial charge is 0.264 e. The number of nitrogens with zero attached hydrogens (tertiary/aromatic N) is 1. The summed E-state index contributed by atoms with van der Waals surface area (Å²) in [6.45, 7) is 5.18. The van der Waals surface area contributed by atoms with Gasteiger partial charge in [-0.2, -0.15) is 0 Å². The van der Waals surface area contributed by atoms with Crippen molar-refractivity contribution in [2.24, 2.45) is 4.99 Å². The number of carbonyl (C=O) groups is 1. The molecule has 1 fully saturated rings. The van der Waals surface area contributed by atoms with Gasteiger partial charge in [-0.1, -0.05) is 56.0 Å². The molecule has 164 valence electrons. The van der Waals surface area contributed by atoms with Crippen molar-refractivity contribution in [3.63, 3.8) is 0 Å². The Kier molecular flexibility index (Phi) is 8.85. The number of amidine groups is 1. The summed E-state index contributed by atoms with van der Waals surface area (Å²) >= 11 is 7.80. The molecule has 1 aliphatic heterocycles. The standard InChI is InChI=1S/C24H27ClN2O3S/c1-3-5-6-10-13-30-22-19(25)14-17(15-20(22)29-4-2)16-21-23(28)27-24(31-21)26-18-11-8-7-9-12-18/h7-9,11-12,14-16H,3-6,10,13H2,1-2H3,(H,26,27,28). The van der Waals surface area contributed by atoms with Crippen LogP contribution in [0.1, 0.15) is 45.1 Å². The van der Waals surface area contributed by atoms with Gasteiger partial charge in [0.25, 0.3) is 5.91 Å². The largest absolute Gasteiger partial charge is 0.490 e. The van der Waals surface area contributed by atoms with Gasteiger partial charge in [0.15, 0.2) is 16.7 Å². The van der Waals surface area contributed by atoms with Gasteiger partial charge in [0.2, 0.25) is 0 Å². The predicted octanol–water partition coefficient (Wildman–Crippen LogP) is 6.59. The molecule has 7 heteroatoms. The van der Waals surface area contributed by atoms with Crippen LogP contribution in [0.3, 0.4) is 0 Å². The van der Waals surface area contributed by atoms with E-state index in [9.17, 15) is 4.79 Å². The van der Waals surface area contributed by atoms with Gasteiger partial charge in [-0.05, 0) is 61.0 Å². The third-order valence-corrected chi connectivity index (χ3v) is 5.70. The van der Waals surface area contributed by atoms with Crippen molar-refractivity contribution < 1.29 is 14.3 Å². The number of benzene rings is 2. The maximum absolute atomic E-state index is 12.4. The first kappa shape index (κ1) is 23.2. The molecule has 31 heavy (non-hydrogen) atoms. The van der Waals surface area contributed by atoms with Crippen molar-refractivity contribution in [1.29, 1.82) is 0 Å². The fraction of sp³-hybridized carbons (Fsp3) is 0.333. The average molecular weight is 459 g/mol. The maximum Gasteiger partial charge on any atom is 0.264 e. The van der Waals surface area contributed by atoms with Crippen LogP contribution in [-0.2, 0) is 4.79 Å². The van der Waals surface area contributed by atoms with Crippen molar-refractivity contribution in [2.75, 3.05) is 13.2 Å². The highest BCUT2D eigenvalue weighted by atomic mass is 35.5. The summed E-state index contributed by atoms with van der Waals surface area (Å²) < 4.78 is 11.7. The molecule has 0 spiro atoms. The molecule has 0 radical (unpaired) electrons. The number of rotatable bonds is 10. The number of ether oxygens (including phenoxy) is 2. The van der Waals surface area contributed by atoms with E-state index in [2.05, 4.69) is 17.2 Å². The van der Waals surface area contributed by atoms with Gasteiger partial charge in [-0.25, -0.2) is 4.99 Å². The maximum atomic E-state index is 12.4. The van der Waals surface area contributed by atoms with E-state index in [-0.39, 0.29) is 5.91 Å². The molecular weight excluding hydrogens is 432 g/mol. The van der Waals surface area contributed by atoms with Crippen molar-refractivity contribution in [2.45, 2.75) is 39.5 Å². The highest BCUT2D eigenvalue weighted by Crippen LogP contribution is 2.38. The van der Waals surface area contributed by atoms with Crippen LogP contribution in [0.25, 0.3) is 6.08 Å². The number of unbranched alkanes of at least 4 members (excludes halogenated alkanes) is 3. The van der Waals surface area contributed by atoms with Gasteiger partial charge in [0, 0.05) is 0 Å². The van der Waals surface area contributed by atoms with Crippen LogP contribution in [0, 0.1) is 0 Å². The van der Waals surface area contributed by atoms with Crippen LogP contribution in [-0.4, -0.2) is 24.3 Å². The second-order valence-electron chi connectivity index (χ2n) is 6.99. The minimum absolute atomic E-state index is 0.190. The number of carbonyl (C=O) groups excluding carboxylic acids is 1. The van der Waals surface area contributed by atoms with Crippen LogP contribution in [0.5, 0.6) is 11.5 Å². The zero-order chi connectivity index (χ0) is 22.1. The second-order valence-corrected chi connectivity index (χ2v) is 8.43. The van der Waals surface area contributed by atoms with Gasteiger partial charge in [0.05, 0.1) is 28.8 Å². The highest BCUT2D eigenvalue weighted by Gasteiger charge is 2.24. The lowest BCUT2D eigenvalue weighted by atomic mass is 10.1. The SMILES string of the molecule is CCCCCCOc1c(Cl)cc(C=C2SC(=Nc3ccccc3)NC2=O)cc1OCC. The topological polar surface area (TPSA) is 59.9 Å². The summed E-state index contributed by atoms with van der Waals surface area (Å²) in [6.07, 6.45) is 6.26. The first-order chi connectivity index (χ1) is 15.1. The normalized spacial score (nSPS) is 16.0. The lowest BCUT2D eigenvalue weighted by molar-refractivity contribution is -0.115. The van der Waals surface area contributed by atoms with Gasteiger partial charge in [0.1, 0.15) is 0 Å². The predicted molar refractivity (Wildman–Crippen MR) is 130 cm³/mol. The Balaban J connectivity index is 1.76. The molecular formula is C24H27ClN2O3S. The molecule has 0 saturated carbocycles. The minimum atomic E-state index is -0.190. The summed E-state index contributed by atoms with van der Waals surface area (Å²) in [4.78, 5) is 17.4. The van der Waals surface area contributed by atoms with Gasteiger partial charge in [-0.3, -0.25) is 4.79 Å². The van der Waals surface area contributed by atoms with Gasteiger partial charge >= 0.3 is 0 Å². The van der Waals surface area contributed by atoms with E-state index in [1.807, 2.05) is 43.3 Å². The molecule has 1 aliphatic rings. The number of halogens is 1. The quantitative estimate of drug-likeness (QED) is 0.322. The molecule has 3 rings (SSSR count). The second kappa shape index (κ2) is 11.8. The number of thioether (sulfide) groups is 1. The zero-order valence-corrected chi connectivity index (χ0v) is 19.4. The average Bonchev–Trinajstić information content (AvgIpc) is 3.09. The summed E-state index contributed by atoms with van der Waals surface area (Å²) in [5.41, 5.74) is 1.55. The monoisotopic (exact) mass is 458 g/mol. The lowest BCUT2D eigenvalue weighted by Gasteiger charge is -2.14. The van der Waals surface area contributed by atoms with E-state index < -0.39 is 0 Å². The molecule has 5 nitrogen and oxygen atoms in total. The van der Waals surface area contributed by atoms with E-state index in [0.717, 1.165) is 24.1 Å². The van der Waals surface area contributed by atoms with Crippen LogP contribution in [0.15, 0.2) is 52.4 Å². The Morgan fingerprint density at radius 3 is 2.65 bits per heavy atom. The van der Waals surface area contributed by atoms with Gasteiger partial charge in [-0.15, -0.1) is 0 Å². The Morgan fingerprint density at radius 1 is 1.10 bits per heavy atom. The van der Waals surface area contributed by atoms with Crippen LogP contribution >= 0.6 is 23.4 Å².